The number of piperidine rings is 2. The molecule has 1 atom stereocenters. The van der Waals surface area contributed by atoms with Gasteiger partial charge in [-0.3, -0.25) is 9.59 Å². The molecule has 0 N–H and O–H groups in total. The minimum absolute atomic E-state index is 0.178. The molecule has 5 heteroatoms. The number of thioether (sulfide) groups is 1. The Bertz CT molecular complexity index is 504. The lowest BCUT2D eigenvalue weighted by Gasteiger charge is -2.48. The van der Waals surface area contributed by atoms with Crippen LogP contribution in [0.2, 0.25) is 0 Å². The predicted molar refractivity (Wildman–Crippen MR) is 96.8 cm³/mol. The van der Waals surface area contributed by atoms with E-state index in [4.69, 9.17) is 0 Å². The van der Waals surface area contributed by atoms with Gasteiger partial charge in [0.05, 0.1) is 5.75 Å². The van der Waals surface area contributed by atoms with Gasteiger partial charge < -0.3 is 9.80 Å². The van der Waals surface area contributed by atoms with E-state index in [-0.39, 0.29) is 5.41 Å². The Labute approximate surface area is 149 Å². The van der Waals surface area contributed by atoms with Gasteiger partial charge in [0.1, 0.15) is 0 Å². The maximum absolute atomic E-state index is 12.6. The highest BCUT2D eigenvalue weighted by molar-refractivity contribution is 7.99. The van der Waals surface area contributed by atoms with E-state index in [2.05, 4.69) is 9.80 Å². The fourth-order valence-electron chi connectivity index (χ4n) is 4.32. The van der Waals surface area contributed by atoms with Gasteiger partial charge >= 0.3 is 0 Å². The Kier molecular flexibility index (Phi) is 4.81. The molecule has 1 spiro atoms. The molecular formula is C19H30N2O2S. The molecule has 4 fully saturated rings. The molecule has 2 heterocycles. The first-order valence-electron chi connectivity index (χ1n) is 9.77. The molecule has 4 nitrogen and oxygen atoms in total. The first-order chi connectivity index (χ1) is 11.6. The second-order valence-corrected chi connectivity index (χ2v) is 9.63. The number of hydrogen-bond donors (Lipinski definition) is 0. The third-order valence-corrected chi connectivity index (χ3v) is 7.37. The summed E-state index contributed by atoms with van der Waals surface area (Å²) in [5, 5.41) is 0. The molecule has 4 aliphatic rings. The summed E-state index contributed by atoms with van der Waals surface area (Å²) in [5.74, 6) is 4.12. The van der Waals surface area contributed by atoms with Crippen LogP contribution in [0.15, 0.2) is 0 Å². The van der Waals surface area contributed by atoms with Gasteiger partial charge in [-0.05, 0) is 62.5 Å². The zero-order chi connectivity index (χ0) is 16.6. The van der Waals surface area contributed by atoms with Gasteiger partial charge in [-0.1, -0.05) is 0 Å². The molecule has 24 heavy (non-hydrogen) atoms. The maximum Gasteiger partial charge on any atom is 0.232 e. The Morgan fingerprint density at radius 1 is 1.12 bits per heavy atom. The Balaban J connectivity index is 1.32. The molecule has 4 rings (SSSR count). The smallest absolute Gasteiger partial charge is 0.232 e. The highest BCUT2D eigenvalue weighted by Crippen LogP contribution is 2.41. The van der Waals surface area contributed by atoms with Gasteiger partial charge in [0, 0.05) is 38.0 Å². The van der Waals surface area contributed by atoms with Crippen molar-refractivity contribution in [3.63, 3.8) is 0 Å². The molecule has 0 unspecified atom stereocenters. The molecule has 2 aliphatic carbocycles. The average Bonchev–Trinajstić information content (AvgIpc) is 3.47. The number of carbonyl (C=O) groups excluding carboxylic acids is 2. The van der Waals surface area contributed by atoms with Crippen molar-refractivity contribution < 1.29 is 9.59 Å². The highest BCUT2D eigenvalue weighted by Gasteiger charge is 2.43. The molecule has 0 aromatic heterocycles. The van der Waals surface area contributed by atoms with E-state index in [1.807, 2.05) is 11.8 Å². The van der Waals surface area contributed by atoms with Crippen LogP contribution in [0.5, 0.6) is 0 Å². The topological polar surface area (TPSA) is 40.6 Å². The van der Waals surface area contributed by atoms with Crippen LogP contribution >= 0.6 is 11.8 Å². The summed E-state index contributed by atoms with van der Waals surface area (Å²) in [6.45, 7) is 3.65. The SMILES string of the molecule is O=C(CSCC1CC1)N1CCC[C@@]2(CCC(=O)N(CC3CC3)C2)C1. The zero-order valence-corrected chi connectivity index (χ0v) is 15.5. The van der Waals surface area contributed by atoms with Crippen LogP contribution in [0.1, 0.15) is 51.4 Å². The molecule has 2 aliphatic heterocycles. The minimum Gasteiger partial charge on any atom is -0.342 e. The van der Waals surface area contributed by atoms with Crippen LogP contribution < -0.4 is 0 Å². The van der Waals surface area contributed by atoms with E-state index < -0.39 is 0 Å². The largest absolute Gasteiger partial charge is 0.342 e. The summed E-state index contributed by atoms with van der Waals surface area (Å²) in [5.41, 5.74) is 0.178. The van der Waals surface area contributed by atoms with Gasteiger partial charge in [0.15, 0.2) is 0 Å². The van der Waals surface area contributed by atoms with Crippen molar-refractivity contribution in [3.05, 3.63) is 0 Å². The van der Waals surface area contributed by atoms with Crippen molar-refractivity contribution in [2.45, 2.75) is 51.4 Å². The number of hydrogen-bond acceptors (Lipinski definition) is 3. The average molecular weight is 351 g/mol. The number of carbonyl (C=O) groups is 2. The summed E-state index contributed by atoms with van der Waals surface area (Å²) in [6.07, 6.45) is 9.25. The Morgan fingerprint density at radius 2 is 1.92 bits per heavy atom. The van der Waals surface area contributed by atoms with E-state index in [1.165, 1.54) is 32.1 Å². The predicted octanol–water partition coefficient (Wildman–Crippen LogP) is 2.77. The summed E-state index contributed by atoms with van der Waals surface area (Å²) in [4.78, 5) is 29.1. The molecule has 0 bridgehead atoms. The van der Waals surface area contributed by atoms with E-state index >= 15 is 0 Å². The monoisotopic (exact) mass is 350 g/mol. The van der Waals surface area contributed by atoms with E-state index in [0.717, 1.165) is 56.6 Å². The fraction of sp³-hybridized carbons (Fsp3) is 0.895. The van der Waals surface area contributed by atoms with Gasteiger partial charge in [0.2, 0.25) is 11.8 Å². The lowest BCUT2D eigenvalue weighted by atomic mass is 9.73. The van der Waals surface area contributed by atoms with Crippen LogP contribution in [0.25, 0.3) is 0 Å². The molecule has 0 radical (unpaired) electrons. The van der Waals surface area contributed by atoms with Crippen LogP contribution in [-0.2, 0) is 9.59 Å². The van der Waals surface area contributed by atoms with Gasteiger partial charge in [-0.25, -0.2) is 0 Å². The first-order valence-corrected chi connectivity index (χ1v) is 10.9. The van der Waals surface area contributed by atoms with Crippen molar-refractivity contribution in [1.82, 2.24) is 9.80 Å². The van der Waals surface area contributed by atoms with Gasteiger partial charge in [0.25, 0.3) is 0 Å². The number of nitrogens with zero attached hydrogens (tertiary/aromatic N) is 2. The third-order valence-electron chi connectivity index (χ3n) is 6.21. The van der Waals surface area contributed by atoms with Crippen LogP contribution in [0.4, 0.5) is 0 Å². The quantitative estimate of drug-likeness (QED) is 0.740. The molecule has 2 amide bonds. The van der Waals surface area contributed by atoms with Gasteiger partial charge in [-0.2, -0.15) is 11.8 Å². The lowest BCUT2D eigenvalue weighted by Crippen LogP contribution is -2.55. The van der Waals surface area contributed by atoms with E-state index in [0.29, 0.717) is 24.0 Å². The van der Waals surface area contributed by atoms with Crippen molar-refractivity contribution in [2.24, 2.45) is 17.3 Å². The van der Waals surface area contributed by atoms with E-state index in [1.54, 1.807) is 0 Å². The van der Waals surface area contributed by atoms with E-state index in [9.17, 15) is 9.59 Å². The van der Waals surface area contributed by atoms with Crippen LogP contribution in [0.3, 0.4) is 0 Å². The summed E-state index contributed by atoms with van der Waals surface area (Å²) < 4.78 is 0. The summed E-state index contributed by atoms with van der Waals surface area (Å²) in [6, 6.07) is 0. The molecule has 2 saturated carbocycles. The normalized spacial score (nSPS) is 30.9. The van der Waals surface area contributed by atoms with Crippen molar-refractivity contribution in [3.8, 4) is 0 Å². The fourth-order valence-corrected chi connectivity index (χ4v) is 5.47. The van der Waals surface area contributed by atoms with Crippen molar-refractivity contribution in [1.29, 1.82) is 0 Å². The summed E-state index contributed by atoms with van der Waals surface area (Å²) in [7, 11) is 0. The van der Waals surface area contributed by atoms with Gasteiger partial charge in [-0.15, -0.1) is 0 Å². The summed E-state index contributed by atoms with van der Waals surface area (Å²) >= 11 is 1.82. The van der Waals surface area contributed by atoms with Crippen molar-refractivity contribution in [2.75, 3.05) is 37.7 Å². The Morgan fingerprint density at radius 3 is 2.67 bits per heavy atom. The third kappa shape index (κ3) is 4.09. The molecule has 0 aromatic carbocycles. The number of likely N-dealkylation sites (tertiary alicyclic amines) is 2. The van der Waals surface area contributed by atoms with Crippen molar-refractivity contribution >= 4 is 23.6 Å². The number of rotatable bonds is 6. The standard InChI is InChI=1S/C19H30N2O2S/c22-17-6-8-19(14-21(17)10-15-2-3-15)7-1-9-20(13-19)18(23)12-24-11-16-4-5-16/h15-16H,1-14H2/t19-/m1/s1. The molecule has 2 saturated heterocycles. The first kappa shape index (κ1) is 16.7. The maximum atomic E-state index is 12.6. The van der Waals surface area contributed by atoms with Crippen LogP contribution in [0, 0.1) is 17.3 Å². The molecule has 134 valence electrons. The second kappa shape index (κ2) is 6.89. The van der Waals surface area contributed by atoms with Crippen LogP contribution in [-0.4, -0.2) is 59.3 Å². The molecule has 0 aromatic rings. The minimum atomic E-state index is 0.178. The number of amides is 2. The Hall–Kier alpha value is -0.710. The highest BCUT2D eigenvalue weighted by atomic mass is 32.2. The molecular weight excluding hydrogens is 320 g/mol. The lowest BCUT2D eigenvalue weighted by molar-refractivity contribution is -0.142. The second-order valence-electron chi connectivity index (χ2n) is 8.59. The zero-order valence-electron chi connectivity index (χ0n) is 14.7.